The number of aryl methyl sites for hydroxylation is 1. The molecule has 186 valence electrons. The minimum atomic E-state index is -4.01. The number of ether oxygens (including phenoxy) is 2. The zero-order valence-electron chi connectivity index (χ0n) is 19.9. The Labute approximate surface area is 215 Å². The molecule has 3 aromatic rings. The Balaban J connectivity index is 1.77. The average Bonchev–Trinajstić information content (AvgIpc) is 2.83. The molecule has 0 aliphatic carbocycles. The standard InChI is InChI=1S/C26H29BrN2O5S/c1-4-33-23-13-11-22(12-14-23)29(35(31,32)24-15-9-21(27)10-16-24)17-26(30)28-20(3)18-34-25-8-6-5-7-19(25)2/h5-16,20H,4,17-18H2,1-3H3,(H,28,30). The predicted octanol–water partition coefficient (Wildman–Crippen LogP) is 4.94. The van der Waals surface area contributed by atoms with Crippen LogP contribution in [0.15, 0.2) is 82.2 Å². The van der Waals surface area contributed by atoms with Gasteiger partial charge in [0.1, 0.15) is 24.7 Å². The fourth-order valence-electron chi connectivity index (χ4n) is 3.35. The van der Waals surface area contributed by atoms with Crippen LogP contribution in [0.25, 0.3) is 0 Å². The smallest absolute Gasteiger partial charge is 0.264 e. The van der Waals surface area contributed by atoms with E-state index in [9.17, 15) is 13.2 Å². The Morgan fingerprint density at radius 3 is 2.29 bits per heavy atom. The lowest BCUT2D eigenvalue weighted by atomic mass is 10.2. The van der Waals surface area contributed by atoms with Crippen LogP contribution in [-0.2, 0) is 14.8 Å². The molecule has 35 heavy (non-hydrogen) atoms. The number of benzene rings is 3. The molecule has 0 heterocycles. The zero-order valence-corrected chi connectivity index (χ0v) is 22.3. The van der Waals surface area contributed by atoms with Gasteiger partial charge in [-0.05, 0) is 80.9 Å². The molecule has 0 saturated heterocycles. The molecule has 0 bridgehead atoms. The number of hydrogen-bond acceptors (Lipinski definition) is 5. The monoisotopic (exact) mass is 560 g/mol. The Kier molecular flexibility index (Phi) is 9.17. The molecular formula is C26H29BrN2O5S. The van der Waals surface area contributed by atoms with Crippen LogP contribution in [0.3, 0.4) is 0 Å². The number of para-hydroxylation sites is 1. The Morgan fingerprint density at radius 1 is 1.00 bits per heavy atom. The van der Waals surface area contributed by atoms with Crippen LogP contribution >= 0.6 is 15.9 Å². The van der Waals surface area contributed by atoms with Gasteiger partial charge in [-0.2, -0.15) is 0 Å². The molecule has 9 heteroatoms. The van der Waals surface area contributed by atoms with Gasteiger partial charge < -0.3 is 14.8 Å². The van der Waals surface area contributed by atoms with Crippen molar-refractivity contribution in [3.05, 3.63) is 82.8 Å². The number of sulfonamides is 1. The van der Waals surface area contributed by atoms with Crippen molar-refractivity contribution in [3.63, 3.8) is 0 Å². The molecule has 1 amide bonds. The van der Waals surface area contributed by atoms with E-state index in [1.165, 1.54) is 12.1 Å². The van der Waals surface area contributed by atoms with E-state index in [1.54, 1.807) is 43.3 Å². The molecule has 0 radical (unpaired) electrons. The number of halogens is 1. The third kappa shape index (κ3) is 7.22. The van der Waals surface area contributed by atoms with Gasteiger partial charge in [-0.25, -0.2) is 8.42 Å². The lowest BCUT2D eigenvalue weighted by molar-refractivity contribution is -0.120. The lowest BCUT2D eigenvalue weighted by Gasteiger charge is -2.25. The van der Waals surface area contributed by atoms with E-state index in [4.69, 9.17) is 9.47 Å². The summed E-state index contributed by atoms with van der Waals surface area (Å²) in [5.74, 6) is 0.909. The summed E-state index contributed by atoms with van der Waals surface area (Å²) < 4.78 is 40.1. The van der Waals surface area contributed by atoms with Crippen molar-refractivity contribution in [3.8, 4) is 11.5 Å². The fraction of sp³-hybridized carbons (Fsp3) is 0.269. The molecule has 0 aromatic heterocycles. The molecular weight excluding hydrogens is 532 g/mol. The molecule has 0 aliphatic rings. The van der Waals surface area contributed by atoms with E-state index in [0.717, 1.165) is 20.1 Å². The van der Waals surface area contributed by atoms with Gasteiger partial charge in [-0.1, -0.05) is 34.1 Å². The topological polar surface area (TPSA) is 84.9 Å². The van der Waals surface area contributed by atoms with Gasteiger partial charge in [-0.15, -0.1) is 0 Å². The van der Waals surface area contributed by atoms with Gasteiger partial charge >= 0.3 is 0 Å². The maximum Gasteiger partial charge on any atom is 0.264 e. The van der Waals surface area contributed by atoms with Gasteiger partial charge in [0.25, 0.3) is 10.0 Å². The first-order chi connectivity index (χ1) is 16.7. The number of anilines is 1. The van der Waals surface area contributed by atoms with Crippen molar-refractivity contribution in [1.82, 2.24) is 5.32 Å². The van der Waals surface area contributed by atoms with E-state index in [-0.39, 0.29) is 24.1 Å². The summed E-state index contributed by atoms with van der Waals surface area (Å²) in [6, 6.07) is 20.2. The fourth-order valence-corrected chi connectivity index (χ4v) is 5.04. The van der Waals surface area contributed by atoms with Crippen molar-refractivity contribution < 1.29 is 22.7 Å². The minimum Gasteiger partial charge on any atom is -0.494 e. The van der Waals surface area contributed by atoms with Crippen LogP contribution in [0, 0.1) is 6.92 Å². The predicted molar refractivity (Wildman–Crippen MR) is 141 cm³/mol. The van der Waals surface area contributed by atoms with Crippen molar-refractivity contribution in [1.29, 1.82) is 0 Å². The average molecular weight is 561 g/mol. The van der Waals surface area contributed by atoms with E-state index in [0.29, 0.717) is 18.0 Å². The van der Waals surface area contributed by atoms with Crippen LogP contribution < -0.4 is 19.1 Å². The first kappa shape index (κ1) is 26.6. The zero-order chi connectivity index (χ0) is 25.4. The normalized spacial score (nSPS) is 12.0. The SMILES string of the molecule is CCOc1ccc(N(CC(=O)NC(C)COc2ccccc2C)S(=O)(=O)c2ccc(Br)cc2)cc1. The highest BCUT2D eigenvalue weighted by Crippen LogP contribution is 2.26. The van der Waals surface area contributed by atoms with Crippen LogP contribution in [0.5, 0.6) is 11.5 Å². The summed E-state index contributed by atoms with van der Waals surface area (Å²) in [6.07, 6.45) is 0. The Hall–Kier alpha value is -3.04. The third-order valence-electron chi connectivity index (χ3n) is 5.11. The molecule has 0 fully saturated rings. The number of nitrogens with one attached hydrogen (secondary N) is 1. The van der Waals surface area contributed by atoms with Crippen LogP contribution in [-0.4, -0.2) is 40.1 Å². The molecule has 0 spiro atoms. The highest BCUT2D eigenvalue weighted by Gasteiger charge is 2.27. The van der Waals surface area contributed by atoms with Gasteiger partial charge in [0, 0.05) is 4.47 Å². The first-order valence-corrected chi connectivity index (χ1v) is 13.4. The van der Waals surface area contributed by atoms with Crippen LogP contribution in [0.4, 0.5) is 5.69 Å². The second-order valence-corrected chi connectivity index (χ2v) is 10.7. The highest BCUT2D eigenvalue weighted by molar-refractivity contribution is 9.10. The van der Waals surface area contributed by atoms with Gasteiger partial charge in [0.2, 0.25) is 5.91 Å². The van der Waals surface area contributed by atoms with Gasteiger partial charge in [-0.3, -0.25) is 9.10 Å². The molecule has 1 atom stereocenters. The summed E-state index contributed by atoms with van der Waals surface area (Å²) in [5.41, 5.74) is 1.35. The number of amides is 1. The lowest BCUT2D eigenvalue weighted by Crippen LogP contribution is -2.45. The van der Waals surface area contributed by atoms with E-state index < -0.39 is 15.9 Å². The molecule has 3 aromatic carbocycles. The minimum absolute atomic E-state index is 0.0818. The maximum absolute atomic E-state index is 13.5. The largest absolute Gasteiger partial charge is 0.494 e. The summed E-state index contributed by atoms with van der Waals surface area (Å²) in [6.45, 7) is 5.97. The third-order valence-corrected chi connectivity index (χ3v) is 7.43. The highest BCUT2D eigenvalue weighted by atomic mass is 79.9. The van der Waals surface area contributed by atoms with E-state index in [2.05, 4.69) is 21.2 Å². The Morgan fingerprint density at radius 2 is 1.66 bits per heavy atom. The number of nitrogens with zero attached hydrogens (tertiary/aromatic N) is 1. The molecule has 0 aliphatic heterocycles. The summed E-state index contributed by atoms with van der Waals surface area (Å²) in [4.78, 5) is 13.0. The number of carbonyl (C=O) groups is 1. The second-order valence-electron chi connectivity index (χ2n) is 7.94. The molecule has 7 nitrogen and oxygen atoms in total. The summed E-state index contributed by atoms with van der Waals surface area (Å²) in [7, 11) is -4.01. The second kappa shape index (κ2) is 12.1. The molecule has 0 saturated carbocycles. The molecule has 3 rings (SSSR count). The molecule has 1 unspecified atom stereocenters. The van der Waals surface area contributed by atoms with E-state index in [1.807, 2.05) is 38.1 Å². The Bertz CT molecular complexity index is 1230. The number of hydrogen-bond donors (Lipinski definition) is 1. The first-order valence-electron chi connectivity index (χ1n) is 11.2. The van der Waals surface area contributed by atoms with Crippen LogP contribution in [0.2, 0.25) is 0 Å². The summed E-state index contributed by atoms with van der Waals surface area (Å²) >= 11 is 3.32. The van der Waals surface area contributed by atoms with Gasteiger partial charge in [0.05, 0.1) is 23.2 Å². The van der Waals surface area contributed by atoms with Gasteiger partial charge in [0.15, 0.2) is 0 Å². The van der Waals surface area contributed by atoms with E-state index >= 15 is 0 Å². The maximum atomic E-state index is 13.5. The number of carbonyl (C=O) groups excluding carboxylic acids is 1. The van der Waals surface area contributed by atoms with Crippen LogP contribution in [0.1, 0.15) is 19.4 Å². The number of rotatable bonds is 11. The van der Waals surface area contributed by atoms with Crippen molar-refractivity contribution in [2.45, 2.75) is 31.7 Å². The molecule has 1 N–H and O–H groups in total. The van der Waals surface area contributed by atoms with Crippen molar-refractivity contribution >= 4 is 37.5 Å². The quantitative estimate of drug-likeness (QED) is 0.359. The van der Waals surface area contributed by atoms with Crippen molar-refractivity contribution in [2.75, 3.05) is 24.1 Å². The van der Waals surface area contributed by atoms with Crippen molar-refractivity contribution in [2.24, 2.45) is 0 Å². The summed E-state index contributed by atoms with van der Waals surface area (Å²) in [5, 5.41) is 2.83.